The van der Waals surface area contributed by atoms with Gasteiger partial charge in [0.2, 0.25) is 0 Å². The standard InChI is InChI=1S/C21H17FN4O2/c1-13-18(21(27)25-16-4-3-5-17(10-16)28-2)11-23-20-19(12-24-26(13)20)14-6-8-15(22)9-7-14/h3-12H,1-2H3,(H,25,27). The number of methoxy groups -OCH3 is 1. The first-order valence-electron chi connectivity index (χ1n) is 8.61. The second-order valence-corrected chi connectivity index (χ2v) is 6.24. The van der Waals surface area contributed by atoms with E-state index in [4.69, 9.17) is 4.74 Å². The van der Waals surface area contributed by atoms with Crippen molar-refractivity contribution in [3.05, 3.63) is 78.0 Å². The molecule has 2 aromatic heterocycles. The van der Waals surface area contributed by atoms with E-state index in [2.05, 4.69) is 15.4 Å². The zero-order valence-corrected chi connectivity index (χ0v) is 15.3. The highest BCUT2D eigenvalue weighted by atomic mass is 19.1. The molecule has 4 rings (SSSR count). The van der Waals surface area contributed by atoms with Crippen LogP contribution in [0.3, 0.4) is 0 Å². The topological polar surface area (TPSA) is 68.5 Å². The van der Waals surface area contributed by atoms with Crippen molar-refractivity contribution in [2.45, 2.75) is 6.92 Å². The molecule has 0 unspecified atom stereocenters. The number of anilines is 1. The Morgan fingerprint density at radius 2 is 1.93 bits per heavy atom. The van der Waals surface area contributed by atoms with E-state index in [1.165, 1.54) is 18.3 Å². The molecule has 0 aliphatic rings. The number of benzene rings is 2. The van der Waals surface area contributed by atoms with Crippen LogP contribution in [0.15, 0.2) is 60.9 Å². The molecule has 1 N–H and O–H groups in total. The fourth-order valence-corrected chi connectivity index (χ4v) is 3.00. The van der Waals surface area contributed by atoms with E-state index in [0.29, 0.717) is 28.3 Å². The van der Waals surface area contributed by atoms with Crippen LogP contribution in [0.25, 0.3) is 16.8 Å². The van der Waals surface area contributed by atoms with E-state index in [0.717, 1.165) is 11.1 Å². The summed E-state index contributed by atoms with van der Waals surface area (Å²) in [4.78, 5) is 17.1. The van der Waals surface area contributed by atoms with Gasteiger partial charge in [0.25, 0.3) is 5.91 Å². The van der Waals surface area contributed by atoms with Crippen molar-refractivity contribution >= 4 is 17.2 Å². The number of aromatic nitrogens is 3. The first-order valence-corrected chi connectivity index (χ1v) is 8.61. The van der Waals surface area contributed by atoms with Gasteiger partial charge in [0.15, 0.2) is 5.65 Å². The van der Waals surface area contributed by atoms with Gasteiger partial charge in [-0.3, -0.25) is 4.79 Å². The van der Waals surface area contributed by atoms with Crippen LogP contribution in [0.5, 0.6) is 5.75 Å². The number of hydrogen-bond donors (Lipinski definition) is 1. The summed E-state index contributed by atoms with van der Waals surface area (Å²) in [5.41, 5.74) is 3.85. The number of rotatable bonds is 4. The predicted molar refractivity (Wildman–Crippen MR) is 104 cm³/mol. The largest absolute Gasteiger partial charge is 0.497 e. The van der Waals surface area contributed by atoms with Gasteiger partial charge >= 0.3 is 0 Å². The number of nitrogens with one attached hydrogen (secondary N) is 1. The molecule has 0 aliphatic heterocycles. The second-order valence-electron chi connectivity index (χ2n) is 6.24. The number of hydrogen-bond acceptors (Lipinski definition) is 4. The summed E-state index contributed by atoms with van der Waals surface area (Å²) in [6, 6.07) is 13.2. The molecule has 28 heavy (non-hydrogen) atoms. The van der Waals surface area contributed by atoms with Gasteiger partial charge in [0, 0.05) is 23.5 Å². The Hall–Kier alpha value is -3.74. The third-order valence-corrected chi connectivity index (χ3v) is 4.49. The van der Waals surface area contributed by atoms with E-state index in [-0.39, 0.29) is 11.7 Å². The van der Waals surface area contributed by atoms with Gasteiger partial charge in [-0.1, -0.05) is 18.2 Å². The zero-order valence-electron chi connectivity index (χ0n) is 15.3. The number of fused-ring (bicyclic) bond motifs is 1. The number of nitrogens with zero attached hydrogens (tertiary/aromatic N) is 3. The summed E-state index contributed by atoms with van der Waals surface area (Å²) in [7, 11) is 1.57. The highest BCUT2D eigenvalue weighted by Gasteiger charge is 2.16. The average Bonchev–Trinajstić information content (AvgIpc) is 3.14. The van der Waals surface area contributed by atoms with E-state index >= 15 is 0 Å². The number of amides is 1. The first kappa shape index (κ1) is 17.7. The Labute approximate surface area is 160 Å². The molecule has 0 atom stereocenters. The molecule has 0 bridgehead atoms. The van der Waals surface area contributed by atoms with Crippen LogP contribution in [0.2, 0.25) is 0 Å². The van der Waals surface area contributed by atoms with Crippen molar-refractivity contribution in [2.75, 3.05) is 12.4 Å². The summed E-state index contributed by atoms with van der Waals surface area (Å²) in [6.45, 7) is 1.80. The van der Waals surface area contributed by atoms with Gasteiger partial charge in [-0.05, 0) is 36.8 Å². The van der Waals surface area contributed by atoms with Crippen LogP contribution in [0.4, 0.5) is 10.1 Å². The smallest absolute Gasteiger partial charge is 0.259 e. The third kappa shape index (κ3) is 3.18. The molecule has 6 nitrogen and oxygen atoms in total. The normalized spacial score (nSPS) is 10.8. The van der Waals surface area contributed by atoms with Crippen molar-refractivity contribution in [1.29, 1.82) is 0 Å². The maximum Gasteiger partial charge on any atom is 0.259 e. The lowest BCUT2D eigenvalue weighted by atomic mass is 10.1. The highest BCUT2D eigenvalue weighted by Crippen LogP contribution is 2.25. The number of ether oxygens (including phenoxy) is 1. The predicted octanol–water partition coefficient (Wildman–Crippen LogP) is 4.10. The van der Waals surface area contributed by atoms with Crippen LogP contribution < -0.4 is 10.1 Å². The molecule has 0 fully saturated rings. The minimum absolute atomic E-state index is 0.293. The summed E-state index contributed by atoms with van der Waals surface area (Å²) < 4.78 is 20.0. The second kappa shape index (κ2) is 7.11. The molecule has 4 aromatic rings. The van der Waals surface area contributed by atoms with E-state index in [9.17, 15) is 9.18 Å². The Morgan fingerprint density at radius 3 is 2.68 bits per heavy atom. The summed E-state index contributed by atoms with van der Waals surface area (Å²) in [6.07, 6.45) is 3.18. The zero-order chi connectivity index (χ0) is 19.7. The number of carbonyl (C=O) groups is 1. The maximum absolute atomic E-state index is 13.2. The van der Waals surface area contributed by atoms with Gasteiger partial charge in [-0.25, -0.2) is 13.9 Å². The first-order chi connectivity index (χ1) is 13.6. The molecule has 0 spiro atoms. The fraction of sp³-hybridized carbons (Fsp3) is 0.0952. The van der Waals surface area contributed by atoms with Gasteiger partial charge in [-0.2, -0.15) is 5.10 Å². The van der Waals surface area contributed by atoms with Gasteiger partial charge in [0.05, 0.1) is 24.6 Å². The number of halogens is 1. The molecule has 0 saturated heterocycles. The van der Waals surface area contributed by atoms with Crippen molar-refractivity contribution in [2.24, 2.45) is 0 Å². The quantitative estimate of drug-likeness (QED) is 0.582. The van der Waals surface area contributed by atoms with Gasteiger partial charge in [-0.15, -0.1) is 0 Å². The minimum Gasteiger partial charge on any atom is -0.497 e. The molecule has 2 heterocycles. The van der Waals surface area contributed by atoms with E-state index in [1.54, 1.807) is 61.1 Å². The lowest BCUT2D eigenvalue weighted by Crippen LogP contribution is -2.16. The monoisotopic (exact) mass is 376 g/mol. The fourth-order valence-electron chi connectivity index (χ4n) is 3.00. The molecule has 0 radical (unpaired) electrons. The Kier molecular flexibility index (Phi) is 4.49. The molecular weight excluding hydrogens is 359 g/mol. The average molecular weight is 376 g/mol. The summed E-state index contributed by atoms with van der Waals surface area (Å²) in [5.74, 6) is 0.0546. The van der Waals surface area contributed by atoms with E-state index in [1.807, 2.05) is 0 Å². The van der Waals surface area contributed by atoms with Crippen molar-refractivity contribution in [3.63, 3.8) is 0 Å². The van der Waals surface area contributed by atoms with Crippen LogP contribution in [0.1, 0.15) is 16.1 Å². The molecule has 140 valence electrons. The molecule has 2 aromatic carbocycles. The van der Waals surface area contributed by atoms with E-state index < -0.39 is 0 Å². The Morgan fingerprint density at radius 1 is 1.14 bits per heavy atom. The molecule has 1 amide bonds. The molecule has 0 saturated carbocycles. The van der Waals surface area contributed by atoms with Gasteiger partial charge < -0.3 is 10.1 Å². The lowest BCUT2D eigenvalue weighted by molar-refractivity contribution is 0.102. The molecule has 7 heteroatoms. The van der Waals surface area contributed by atoms with Crippen molar-refractivity contribution in [1.82, 2.24) is 14.6 Å². The highest BCUT2D eigenvalue weighted by molar-refractivity contribution is 6.05. The summed E-state index contributed by atoms with van der Waals surface area (Å²) >= 11 is 0. The number of aryl methyl sites for hydroxylation is 1. The SMILES string of the molecule is COc1cccc(NC(=O)c2cnc3c(-c4ccc(F)cc4)cnn3c2C)c1. The van der Waals surface area contributed by atoms with Crippen LogP contribution in [-0.4, -0.2) is 27.6 Å². The lowest BCUT2D eigenvalue weighted by Gasteiger charge is -2.10. The van der Waals surface area contributed by atoms with Crippen molar-refractivity contribution < 1.29 is 13.9 Å². The van der Waals surface area contributed by atoms with Crippen LogP contribution in [-0.2, 0) is 0 Å². The minimum atomic E-state index is -0.305. The summed E-state index contributed by atoms with van der Waals surface area (Å²) in [5, 5.41) is 7.20. The molecular formula is C21H17FN4O2. The Bertz CT molecular complexity index is 1170. The Balaban J connectivity index is 1.68. The number of carbonyl (C=O) groups excluding carboxylic acids is 1. The van der Waals surface area contributed by atoms with Crippen LogP contribution in [0, 0.1) is 12.7 Å². The third-order valence-electron chi connectivity index (χ3n) is 4.49. The van der Waals surface area contributed by atoms with Crippen molar-refractivity contribution in [3.8, 4) is 16.9 Å². The maximum atomic E-state index is 13.2. The van der Waals surface area contributed by atoms with Crippen LogP contribution >= 0.6 is 0 Å². The van der Waals surface area contributed by atoms with Gasteiger partial charge in [0.1, 0.15) is 11.6 Å². The molecule has 0 aliphatic carbocycles.